The van der Waals surface area contributed by atoms with Crippen molar-refractivity contribution in [3.05, 3.63) is 41.2 Å². The lowest BCUT2D eigenvalue weighted by Gasteiger charge is -2.03. The lowest BCUT2D eigenvalue weighted by atomic mass is 10.0. The Kier molecular flexibility index (Phi) is 5.72. The zero-order chi connectivity index (χ0) is 12.7. The highest BCUT2D eigenvalue weighted by Crippen LogP contribution is 2.13. The van der Waals surface area contributed by atoms with E-state index in [-0.39, 0.29) is 5.78 Å². The number of ketones is 1. The van der Waals surface area contributed by atoms with Crippen LogP contribution in [0.2, 0.25) is 0 Å². The number of carbonyl (C=O) groups is 1. The van der Waals surface area contributed by atoms with Crippen molar-refractivity contribution in [3.63, 3.8) is 0 Å². The average Bonchev–Trinajstić information content (AvgIpc) is 2.53. The van der Waals surface area contributed by atoms with Crippen molar-refractivity contribution >= 4 is 5.78 Å². The smallest absolute Gasteiger partial charge is 0.170 e. The van der Waals surface area contributed by atoms with Gasteiger partial charge < -0.3 is 0 Å². The first-order valence-corrected chi connectivity index (χ1v) is 6.50. The molecule has 0 saturated carbocycles. The second kappa shape index (κ2) is 7.09. The molecule has 1 rings (SSSR count). The van der Waals surface area contributed by atoms with Crippen molar-refractivity contribution in [1.29, 1.82) is 0 Å². The predicted molar refractivity (Wildman–Crippen MR) is 72.8 cm³/mol. The highest BCUT2D eigenvalue weighted by molar-refractivity contribution is 5.97. The molecule has 0 aromatic carbocycles. The van der Waals surface area contributed by atoms with Crippen LogP contribution in [0.25, 0.3) is 0 Å². The van der Waals surface area contributed by atoms with Crippen LogP contribution in [0, 0.1) is 5.92 Å². The molecule has 1 heteroatoms. The topological polar surface area (TPSA) is 17.1 Å². The SMILES string of the molecule is CCC1=CC=C=C(C(=O)CCCC(C)C)C=C1. The summed E-state index contributed by atoms with van der Waals surface area (Å²) in [6.07, 6.45) is 11.5. The molecule has 17 heavy (non-hydrogen) atoms. The predicted octanol–water partition coefficient (Wildman–Crippen LogP) is 4.37. The molecule has 1 aliphatic rings. The van der Waals surface area contributed by atoms with Crippen molar-refractivity contribution in [2.75, 3.05) is 0 Å². The molecule has 0 bridgehead atoms. The van der Waals surface area contributed by atoms with Crippen LogP contribution in [-0.4, -0.2) is 5.78 Å². The van der Waals surface area contributed by atoms with E-state index in [9.17, 15) is 4.79 Å². The molecule has 0 aromatic heterocycles. The van der Waals surface area contributed by atoms with E-state index in [1.165, 1.54) is 5.57 Å². The van der Waals surface area contributed by atoms with Gasteiger partial charge in [0.15, 0.2) is 5.78 Å². The van der Waals surface area contributed by atoms with Gasteiger partial charge in [-0.3, -0.25) is 4.79 Å². The van der Waals surface area contributed by atoms with Gasteiger partial charge in [0.2, 0.25) is 0 Å². The lowest BCUT2D eigenvalue weighted by molar-refractivity contribution is -0.115. The molecule has 0 radical (unpaired) electrons. The molecule has 0 aromatic rings. The van der Waals surface area contributed by atoms with Gasteiger partial charge in [-0.05, 0) is 36.5 Å². The van der Waals surface area contributed by atoms with Crippen molar-refractivity contribution in [1.82, 2.24) is 0 Å². The van der Waals surface area contributed by atoms with E-state index in [1.54, 1.807) is 0 Å². The summed E-state index contributed by atoms with van der Waals surface area (Å²) in [5.41, 5.74) is 5.02. The minimum atomic E-state index is 0.212. The molecule has 0 atom stereocenters. The van der Waals surface area contributed by atoms with E-state index < -0.39 is 0 Å². The maximum atomic E-state index is 11.9. The van der Waals surface area contributed by atoms with Crippen LogP contribution in [0.15, 0.2) is 41.2 Å². The van der Waals surface area contributed by atoms with Gasteiger partial charge in [-0.25, -0.2) is 0 Å². The third-order valence-electron chi connectivity index (χ3n) is 2.89. The summed E-state index contributed by atoms with van der Waals surface area (Å²) < 4.78 is 0. The van der Waals surface area contributed by atoms with Crippen molar-refractivity contribution in [2.45, 2.75) is 46.5 Å². The maximum Gasteiger partial charge on any atom is 0.170 e. The quantitative estimate of drug-likeness (QED) is 0.619. The van der Waals surface area contributed by atoms with Crippen LogP contribution >= 0.6 is 0 Å². The second-order valence-electron chi connectivity index (χ2n) is 4.86. The van der Waals surface area contributed by atoms with Gasteiger partial charge in [0.05, 0.1) is 5.57 Å². The molecule has 0 fully saturated rings. The Labute approximate surface area is 105 Å². The monoisotopic (exact) mass is 230 g/mol. The van der Waals surface area contributed by atoms with Crippen LogP contribution in [0.4, 0.5) is 0 Å². The number of hydrogen-bond donors (Lipinski definition) is 0. The molecule has 0 amide bonds. The van der Waals surface area contributed by atoms with E-state index in [1.807, 2.05) is 24.3 Å². The van der Waals surface area contributed by atoms with Gasteiger partial charge in [-0.1, -0.05) is 39.3 Å². The molecule has 0 aliphatic heterocycles. The number of rotatable bonds is 6. The van der Waals surface area contributed by atoms with Crippen LogP contribution in [0.5, 0.6) is 0 Å². The number of Topliss-reactive ketones (excluding diaryl/α,β-unsaturated/α-hetero) is 1. The van der Waals surface area contributed by atoms with Gasteiger partial charge in [-0.2, -0.15) is 0 Å². The Hall–Kier alpha value is -1.33. The molecular weight excluding hydrogens is 208 g/mol. The fraction of sp³-hybridized carbons (Fsp3) is 0.500. The number of carbonyl (C=O) groups excluding carboxylic acids is 1. The van der Waals surface area contributed by atoms with Crippen LogP contribution < -0.4 is 0 Å². The molecule has 1 aliphatic carbocycles. The maximum absolute atomic E-state index is 11.9. The summed E-state index contributed by atoms with van der Waals surface area (Å²) in [6, 6.07) is 0. The molecule has 1 nitrogen and oxygen atoms in total. The summed E-state index contributed by atoms with van der Waals surface area (Å²) in [5.74, 6) is 0.884. The highest BCUT2D eigenvalue weighted by Gasteiger charge is 2.07. The van der Waals surface area contributed by atoms with E-state index >= 15 is 0 Å². The minimum Gasteiger partial charge on any atom is -0.293 e. The number of hydrogen-bond acceptors (Lipinski definition) is 1. The third-order valence-corrected chi connectivity index (χ3v) is 2.89. The fourth-order valence-corrected chi connectivity index (χ4v) is 1.75. The standard InChI is InChI=1S/C16H22O/c1-4-14-8-6-9-15(12-11-14)16(17)10-5-7-13(2)3/h6,8,11-13H,4-5,7,10H2,1-3H3. The molecule has 0 saturated heterocycles. The van der Waals surface area contributed by atoms with E-state index in [0.717, 1.165) is 19.3 Å². The normalized spacial score (nSPS) is 14.6. The van der Waals surface area contributed by atoms with E-state index in [4.69, 9.17) is 0 Å². The van der Waals surface area contributed by atoms with Gasteiger partial charge in [0.25, 0.3) is 0 Å². The summed E-state index contributed by atoms with van der Waals surface area (Å²) in [5, 5.41) is 0. The van der Waals surface area contributed by atoms with Crippen LogP contribution in [0.3, 0.4) is 0 Å². The Balaban J connectivity index is 2.52. The summed E-state index contributed by atoms with van der Waals surface area (Å²) >= 11 is 0. The van der Waals surface area contributed by atoms with Crippen molar-refractivity contribution in [3.8, 4) is 0 Å². The Morgan fingerprint density at radius 1 is 1.35 bits per heavy atom. The first-order valence-electron chi connectivity index (χ1n) is 6.50. The van der Waals surface area contributed by atoms with Gasteiger partial charge in [0.1, 0.15) is 0 Å². The van der Waals surface area contributed by atoms with Gasteiger partial charge in [-0.15, -0.1) is 5.73 Å². The van der Waals surface area contributed by atoms with Gasteiger partial charge in [0, 0.05) is 6.42 Å². The van der Waals surface area contributed by atoms with Crippen molar-refractivity contribution in [2.24, 2.45) is 5.92 Å². The van der Waals surface area contributed by atoms with Crippen molar-refractivity contribution < 1.29 is 4.79 Å². The minimum absolute atomic E-state index is 0.212. The number of allylic oxidation sites excluding steroid dienone is 5. The van der Waals surface area contributed by atoms with E-state index in [2.05, 4.69) is 26.5 Å². The summed E-state index contributed by atoms with van der Waals surface area (Å²) in [4.78, 5) is 11.9. The van der Waals surface area contributed by atoms with Gasteiger partial charge >= 0.3 is 0 Å². The average molecular weight is 230 g/mol. The zero-order valence-corrected chi connectivity index (χ0v) is 11.1. The molecule has 92 valence electrons. The summed E-state index contributed by atoms with van der Waals surface area (Å²) in [7, 11) is 0. The Bertz CT molecular complexity index is 388. The molecule has 0 heterocycles. The third kappa shape index (κ3) is 5.01. The first-order chi connectivity index (χ1) is 8.13. The zero-order valence-electron chi connectivity index (χ0n) is 11.1. The lowest BCUT2D eigenvalue weighted by Crippen LogP contribution is -2.00. The first kappa shape index (κ1) is 13.7. The second-order valence-corrected chi connectivity index (χ2v) is 4.86. The Morgan fingerprint density at radius 2 is 2.12 bits per heavy atom. The fourth-order valence-electron chi connectivity index (χ4n) is 1.75. The Morgan fingerprint density at radius 3 is 2.76 bits per heavy atom. The summed E-state index contributed by atoms with van der Waals surface area (Å²) in [6.45, 7) is 6.48. The van der Waals surface area contributed by atoms with Crippen LogP contribution in [-0.2, 0) is 4.79 Å². The molecule has 0 spiro atoms. The van der Waals surface area contributed by atoms with E-state index in [0.29, 0.717) is 17.9 Å². The molecule has 0 unspecified atom stereocenters. The molecule has 0 N–H and O–H groups in total. The van der Waals surface area contributed by atoms with Crippen LogP contribution in [0.1, 0.15) is 46.5 Å². The molecular formula is C16H22O. The highest BCUT2D eigenvalue weighted by atomic mass is 16.1. The largest absolute Gasteiger partial charge is 0.293 e.